The molecule has 0 spiro atoms. The predicted octanol–water partition coefficient (Wildman–Crippen LogP) is 4.94. The normalized spacial score (nSPS) is 11.0. The van der Waals surface area contributed by atoms with Crippen molar-refractivity contribution >= 4 is 22.8 Å². The number of hydrogen-bond donors (Lipinski definition) is 1. The third-order valence-electron chi connectivity index (χ3n) is 4.11. The Hall–Kier alpha value is -3.61. The molecule has 3 heterocycles. The summed E-state index contributed by atoms with van der Waals surface area (Å²) in [6.07, 6.45) is 5.44. The lowest BCUT2D eigenvalue weighted by atomic mass is 10.1. The van der Waals surface area contributed by atoms with Gasteiger partial charge in [-0.3, -0.25) is 9.38 Å². The third-order valence-corrected chi connectivity index (χ3v) is 5.11. The van der Waals surface area contributed by atoms with Crippen molar-refractivity contribution in [3.05, 3.63) is 71.0 Å². The zero-order valence-corrected chi connectivity index (χ0v) is 17.2. The first kappa shape index (κ1) is 18.7. The van der Waals surface area contributed by atoms with Gasteiger partial charge in [0, 0.05) is 23.5 Å². The van der Waals surface area contributed by atoms with E-state index < -0.39 is 0 Å². The summed E-state index contributed by atoms with van der Waals surface area (Å²) < 4.78 is 2.02. The molecule has 0 atom stereocenters. The average molecular weight is 398 g/mol. The molecule has 3 aromatic heterocycles. The molecular weight excluding hydrogens is 378 g/mol. The number of hydrogen-bond acceptors (Lipinski definition) is 5. The van der Waals surface area contributed by atoms with Crippen molar-refractivity contribution in [3.63, 3.8) is 0 Å². The number of nitrogens with one attached hydrogen (secondary N) is 1. The standard InChI is InChI=1S/C23H19N5S/c1-23(2,3)27-22-21(26-20-15-25-12-13-28(20)22)19-11-10-18(29-19)9-8-16-4-6-17(14-24)7-5-16/h4-7,10-13,15,27H,1-3H3. The van der Waals surface area contributed by atoms with Gasteiger partial charge in [0.15, 0.2) is 5.65 Å². The molecule has 0 saturated carbocycles. The summed E-state index contributed by atoms with van der Waals surface area (Å²) in [5.74, 6) is 7.31. The number of fused-ring (bicyclic) bond motifs is 1. The molecule has 0 aliphatic rings. The molecule has 6 heteroatoms. The van der Waals surface area contributed by atoms with Gasteiger partial charge in [-0.25, -0.2) is 4.98 Å². The van der Waals surface area contributed by atoms with E-state index in [-0.39, 0.29) is 5.54 Å². The van der Waals surface area contributed by atoms with Gasteiger partial charge in [-0.15, -0.1) is 11.3 Å². The zero-order valence-electron chi connectivity index (χ0n) is 16.4. The van der Waals surface area contributed by atoms with E-state index in [0.29, 0.717) is 5.56 Å². The Kier molecular flexibility index (Phi) is 4.80. The first-order chi connectivity index (χ1) is 13.9. The Balaban J connectivity index is 1.69. The minimum Gasteiger partial charge on any atom is -0.365 e. The molecule has 0 aliphatic heterocycles. The number of benzene rings is 1. The first-order valence-electron chi connectivity index (χ1n) is 9.15. The van der Waals surface area contributed by atoms with Crippen LogP contribution in [0.15, 0.2) is 55.0 Å². The van der Waals surface area contributed by atoms with Crippen LogP contribution in [0, 0.1) is 23.2 Å². The topological polar surface area (TPSA) is 66.0 Å². The molecule has 0 fully saturated rings. The van der Waals surface area contributed by atoms with Gasteiger partial charge in [0.1, 0.15) is 11.5 Å². The van der Waals surface area contributed by atoms with Crippen LogP contribution in [0.2, 0.25) is 0 Å². The zero-order chi connectivity index (χ0) is 20.4. The number of nitrogens with zero attached hydrogens (tertiary/aromatic N) is 4. The van der Waals surface area contributed by atoms with Crippen LogP contribution in [-0.4, -0.2) is 19.9 Å². The van der Waals surface area contributed by atoms with Gasteiger partial charge in [-0.05, 0) is 57.2 Å². The fourth-order valence-electron chi connectivity index (χ4n) is 2.85. The van der Waals surface area contributed by atoms with Gasteiger partial charge >= 0.3 is 0 Å². The number of thiophene rings is 1. The molecule has 0 radical (unpaired) electrons. The summed E-state index contributed by atoms with van der Waals surface area (Å²) in [7, 11) is 0. The maximum atomic E-state index is 8.89. The summed E-state index contributed by atoms with van der Waals surface area (Å²) in [5.41, 5.74) is 3.10. The maximum Gasteiger partial charge on any atom is 0.157 e. The van der Waals surface area contributed by atoms with E-state index in [9.17, 15) is 0 Å². The van der Waals surface area contributed by atoms with Crippen LogP contribution >= 0.6 is 11.3 Å². The van der Waals surface area contributed by atoms with Crippen LogP contribution in [0.25, 0.3) is 16.2 Å². The van der Waals surface area contributed by atoms with Crippen LogP contribution in [0.5, 0.6) is 0 Å². The third kappa shape index (κ3) is 4.13. The number of anilines is 1. The molecule has 0 bridgehead atoms. The Morgan fingerprint density at radius 1 is 1.03 bits per heavy atom. The van der Waals surface area contributed by atoms with Crippen LogP contribution < -0.4 is 5.32 Å². The van der Waals surface area contributed by atoms with Gasteiger partial charge in [-0.1, -0.05) is 11.8 Å². The van der Waals surface area contributed by atoms with E-state index in [1.54, 1.807) is 35.9 Å². The minimum atomic E-state index is -0.108. The SMILES string of the molecule is CC(C)(C)Nc1c(-c2ccc(C#Cc3ccc(C#N)cc3)s2)nc2cnccn12. The van der Waals surface area contributed by atoms with E-state index in [2.05, 4.69) is 55.0 Å². The van der Waals surface area contributed by atoms with E-state index in [1.165, 1.54) is 0 Å². The maximum absolute atomic E-state index is 8.89. The molecular formula is C23H19N5S. The van der Waals surface area contributed by atoms with Crippen molar-refractivity contribution in [1.29, 1.82) is 5.26 Å². The predicted molar refractivity (Wildman–Crippen MR) is 117 cm³/mol. The average Bonchev–Trinajstić information content (AvgIpc) is 3.31. The lowest BCUT2D eigenvalue weighted by Crippen LogP contribution is -2.27. The molecule has 0 saturated heterocycles. The summed E-state index contributed by atoms with van der Waals surface area (Å²) in [5, 5.41) is 12.5. The van der Waals surface area contributed by atoms with Gasteiger partial charge in [-0.2, -0.15) is 5.26 Å². The van der Waals surface area contributed by atoms with Gasteiger partial charge in [0.2, 0.25) is 0 Å². The first-order valence-corrected chi connectivity index (χ1v) is 9.97. The fraction of sp³-hybridized carbons (Fsp3) is 0.174. The van der Waals surface area contributed by atoms with Crippen molar-refractivity contribution in [2.45, 2.75) is 26.3 Å². The second kappa shape index (κ2) is 7.43. The Labute approximate surface area is 173 Å². The monoisotopic (exact) mass is 397 g/mol. The molecule has 0 amide bonds. The molecule has 4 aromatic rings. The second-order valence-corrected chi connectivity index (χ2v) is 8.68. The second-order valence-electron chi connectivity index (χ2n) is 7.59. The molecule has 0 unspecified atom stereocenters. The fourth-order valence-corrected chi connectivity index (χ4v) is 3.70. The molecule has 29 heavy (non-hydrogen) atoms. The number of imidazole rings is 1. The van der Waals surface area contributed by atoms with Gasteiger partial charge in [0.25, 0.3) is 0 Å². The smallest absolute Gasteiger partial charge is 0.157 e. The Morgan fingerprint density at radius 2 is 1.79 bits per heavy atom. The highest BCUT2D eigenvalue weighted by Crippen LogP contribution is 2.34. The highest BCUT2D eigenvalue weighted by molar-refractivity contribution is 7.16. The van der Waals surface area contributed by atoms with Crippen LogP contribution in [0.3, 0.4) is 0 Å². The molecule has 4 rings (SSSR count). The number of aromatic nitrogens is 3. The molecule has 142 valence electrons. The van der Waals surface area contributed by atoms with E-state index >= 15 is 0 Å². The highest BCUT2D eigenvalue weighted by Gasteiger charge is 2.20. The lowest BCUT2D eigenvalue weighted by Gasteiger charge is -2.22. The summed E-state index contributed by atoms with van der Waals surface area (Å²) in [6, 6.07) is 13.5. The quantitative estimate of drug-likeness (QED) is 0.487. The van der Waals surface area contributed by atoms with Crippen LogP contribution in [0.4, 0.5) is 5.82 Å². The number of rotatable bonds is 2. The lowest BCUT2D eigenvalue weighted by molar-refractivity contribution is 0.629. The van der Waals surface area contributed by atoms with Crippen LogP contribution in [0.1, 0.15) is 36.8 Å². The van der Waals surface area contributed by atoms with Crippen molar-refractivity contribution in [1.82, 2.24) is 14.4 Å². The van der Waals surface area contributed by atoms with Crippen molar-refractivity contribution in [2.24, 2.45) is 0 Å². The summed E-state index contributed by atoms with van der Waals surface area (Å²) in [6.45, 7) is 6.38. The summed E-state index contributed by atoms with van der Waals surface area (Å²) >= 11 is 1.61. The largest absolute Gasteiger partial charge is 0.365 e. The van der Waals surface area contributed by atoms with E-state index in [0.717, 1.165) is 32.5 Å². The van der Waals surface area contributed by atoms with Gasteiger partial charge in [0.05, 0.1) is 27.6 Å². The van der Waals surface area contributed by atoms with Crippen LogP contribution in [-0.2, 0) is 0 Å². The van der Waals surface area contributed by atoms with Gasteiger partial charge < -0.3 is 5.32 Å². The van der Waals surface area contributed by atoms with E-state index in [1.807, 2.05) is 28.8 Å². The minimum absolute atomic E-state index is 0.108. The summed E-state index contributed by atoms with van der Waals surface area (Å²) in [4.78, 5) is 11.0. The molecule has 5 nitrogen and oxygen atoms in total. The Morgan fingerprint density at radius 3 is 2.52 bits per heavy atom. The molecule has 1 N–H and O–H groups in total. The van der Waals surface area contributed by atoms with Crippen molar-refractivity contribution < 1.29 is 0 Å². The van der Waals surface area contributed by atoms with Crippen molar-refractivity contribution in [3.8, 4) is 28.5 Å². The molecule has 0 aliphatic carbocycles. The van der Waals surface area contributed by atoms with E-state index in [4.69, 9.17) is 10.2 Å². The molecule has 1 aromatic carbocycles. The number of nitriles is 1. The Bertz CT molecular complexity index is 1270. The van der Waals surface area contributed by atoms with Crippen molar-refractivity contribution in [2.75, 3.05) is 5.32 Å². The highest BCUT2D eigenvalue weighted by atomic mass is 32.1.